The summed E-state index contributed by atoms with van der Waals surface area (Å²) >= 11 is 0. The van der Waals surface area contributed by atoms with E-state index in [9.17, 15) is 9.50 Å². The van der Waals surface area contributed by atoms with Crippen LogP contribution in [0.15, 0.2) is 30.3 Å². The van der Waals surface area contributed by atoms with Gasteiger partial charge >= 0.3 is 0 Å². The molecule has 4 nitrogen and oxygen atoms in total. The first kappa shape index (κ1) is 17.8. The predicted molar refractivity (Wildman–Crippen MR) is 96.6 cm³/mol. The Morgan fingerprint density at radius 2 is 2.00 bits per heavy atom. The van der Waals surface area contributed by atoms with Gasteiger partial charge in [0.15, 0.2) is 0 Å². The number of nitrogens with zero attached hydrogens (tertiary/aromatic N) is 2. The lowest BCUT2D eigenvalue weighted by molar-refractivity contribution is 0.0610. The number of halogens is 1. The number of hydrogen-bond acceptors (Lipinski definition) is 4. The Bertz CT molecular complexity index is 759. The van der Waals surface area contributed by atoms with Crippen molar-refractivity contribution in [2.24, 2.45) is 0 Å². The van der Waals surface area contributed by atoms with Crippen molar-refractivity contribution >= 4 is 5.69 Å². The average Bonchev–Trinajstić information content (AvgIpc) is 2.78. The Kier molecular flexibility index (Phi) is 4.80. The molecule has 1 aromatic carbocycles. The van der Waals surface area contributed by atoms with Crippen molar-refractivity contribution in [2.45, 2.75) is 31.8 Å². The van der Waals surface area contributed by atoms with Crippen LogP contribution in [0.4, 0.5) is 10.1 Å². The molecule has 0 amide bonds. The SMILES string of the molecule is COCC(O)c1nc2c(cc1Cc1ccc(F)cc1)N(C)CC2(C)C. The van der Waals surface area contributed by atoms with Gasteiger partial charge in [0.25, 0.3) is 0 Å². The van der Waals surface area contributed by atoms with Crippen LogP contribution in [0.1, 0.15) is 42.5 Å². The fraction of sp³-hybridized carbons (Fsp3) is 0.450. The molecule has 0 saturated heterocycles. The molecule has 0 spiro atoms. The highest BCUT2D eigenvalue weighted by molar-refractivity contribution is 5.61. The number of aliphatic hydroxyl groups excluding tert-OH is 1. The van der Waals surface area contributed by atoms with Gasteiger partial charge in [0.2, 0.25) is 0 Å². The molecule has 1 aromatic heterocycles. The third-order valence-corrected chi connectivity index (χ3v) is 4.75. The minimum atomic E-state index is -0.785. The van der Waals surface area contributed by atoms with Crippen molar-refractivity contribution in [2.75, 3.05) is 32.2 Å². The fourth-order valence-electron chi connectivity index (χ4n) is 3.59. The molecule has 5 heteroatoms. The van der Waals surface area contributed by atoms with Crippen molar-refractivity contribution in [1.29, 1.82) is 0 Å². The predicted octanol–water partition coefficient (Wildman–Crippen LogP) is 3.22. The van der Waals surface area contributed by atoms with Crippen molar-refractivity contribution < 1.29 is 14.2 Å². The number of rotatable bonds is 5. The second kappa shape index (κ2) is 6.73. The number of likely N-dealkylation sites (N-methyl/N-ethyl adjacent to an activating group) is 1. The lowest BCUT2D eigenvalue weighted by Gasteiger charge is -2.20. The van der Waals surface area contributed by atoms with Crippen molar-refractivity contribution in [1.82, 2.24) is 4.98 Å². The van der Waals surface area contributed by atoms with E-state index in [1.807, 2.05) is 0 Å². The number of benzene rings is 1. The molecule has 1 N–H and O–H groups in total. The first-order valence-corrected chi connectivity index (χ1v) is 8.48. The van der Waals surface area contributed by atoms with Gasteiger partial charge in [0, 0.05) is 26.1 Å². The lowest BCUT2D eigenvalue weighted by Crippen LogP contribution is -2.25. The van der Waals surface area contributed by atoms with Crippen LogP contribution < -0.4 is 4.90 Å². The van der Waals surface area contributed by atoms with Crippen LogP contribution in [0, 0.1) is 5.82 Å². The third kappa shape index (κ3) is 3.53. The van der Waals surface area contributed by atoms with Gasteiger partial charge in [0.05, 0.1) is 23.7 Å². The van der Waals surface area contributed by atoms with Crippen LogP contribution >= 0.6 is 0 Å². The Morgan fingerprint density at radius 1 is 1.32 bits per heavy atom. The average molecular weight is 344 g/mol. The van der Waals surface area contributed by atoms with Gasteiger partial charge in [-0.05, 0) is 35.7 Å². The number of ether oxygens (including phenoxy) is 1. The number of fused-ring (bicyclic) bond motifs is 1. The number of methoxy groups -OCH3 is 1. The maximum Gasteiger partial charge on any atom is 0.123 e. The topological polar surface area (TPSA) is 45.6 Å². The standard InChI is InChI=1S/C20H25FN2O2/c1-20(2)12-23(3)16-10-14(9-13-5-7-15(21)8-6-13)18(22-19(16)20)17(24)11-25-4/h5-8,10,17,24H,9,11-12H2,1-4H3. The van der Waals surface area contributed by atoms with Crippen molar-refractivity contribution in [3.05, 3.63) is 58.7 Å². The summed E-state index contributed by atoms with van der Waals surface area (Å²) in [7, 11) is 3.62. The van der Waals surface area contributed by atoms with E-state index in [2.05, 4.69) is 31.9 Å². The van der Waals surface area contributed by atoms with Gasteiger partial charge in [0.1, 0.15) is 11.9 Å². The van der Waals surface area contributed by atoms with E-state index >= 15 is 0 Å². The Balaban J connectivity index is 2.06. The molecule has 0 aliphatic carbocycles. The molecule has 25 heavy (non-hydrogen) atoms. The van der Waals surface area contributed by atoms with E-state index in [0.29, 0.717) is 12.1 Å². The molecular weight excluding hydrogens is 319 g/mol. The highest BCUT2D eigenvalue weighted by Crippen LogP contribution is 2.40. The van der Waals surface area contributed by atoms with Gasteiger partial charge in [-0.3, -0.25) is 4.98 Å². The first-order valence-electron chi connectivity index (χ1n) is 8.48. The third-order valence-electron chi connectivity index (χ3n) is 4.75. The van der Waals surface area contributed by atoms with E-state index in [0.717, 1.165) is 29.1 Å². The van der Waals surface area contributed by atoms with Gasteiger partial charge in [-0.25, -0.2) is 4.39 Å². The molecule has 1 unspecified atom stereocenters. The summed E-state index contributed by atoms with van der Waals surface area (Å²) in [6.45, 7) is 5.40. The Labute approximate surface area is 148 Å². The van der Waals surface area contributed by atoms with Gasteiger partial charge in [-0.1, -0.05) is 26.0 Å². The molecule has 1 atom stereocenters. The number of pyridine rings is 1. The van der Waals surface area contributed by atoms with E-state index in [-0.39, 0.29) is 17.8 Å². The summed E-state index contributed by atoms with van der Waals surface area (Å²) in [4.78, 5) is 7.04. The van der Waals surface area contributed by atoms with Crippen LogP contribution in [0.2, 0.25) is 0 Å². The monoisotopic (exact) mass is 344 g/mol. The van der Waals surface area contributed by atoms with Crippen LogP contribution in [-0.4, -0.2) is 37.4 Å². The summed E-state index contributed by atoms with van der Waals surface area (Å²) in [5.74, 6) is -0.253. The maximum atomic E-state index is 13.2. The van der Waals surface area contributed by atoms with Gasteiger partial charge < -0.3 is 14.7 Å². The van der Waals surface area contributed by atoms with Gasteiger partial charge in [-0.15, -0.1) is 0 Å². The summed E-state index contributed by atoms with van der Waals surface area (Å²) in [5, 5.41) is 10.5. The van der Waals surface area contributed by atoms with Crippen LogP contribution in [-0.2, 0) is 16.6 Å². The molecule has 2 heterocycles. The van der Waals surface area contributed by atoms with E-state index < -0.39 is 6.10 Å². The van der Waals surface area contributed by atoms with E-state index in [4.69, 9.17) is 9.72 Å². The molecule has 0 bridgehead atoms. The van der Waals surface area contributed by atoms with Crippen LogP contribution in [0.5, 0.6) is 0 Å². The molecule has 0 saturated carbocycles. The number of hydrogen-bond donors (Lipinski definition) is 1. The minimum Gasteiger partial charge on any atom is -0.384 e. The minimum absolute atomic E-state index is 0.0694. The van der Waals surface area contributed by atoms with E-state index in [1.165, 1.54) is 12.1 Å². The van der Waals surface area contributed by atoms with Gasteiger partial charge in [-0.2, -0.15) is 0 Å². The summed E-state index contributed by atoms with van der Waals surface area (Å²) < 4.78 is 18.3. The molecule has 2 aromatic rings. The second-order valence-electron chi connectivity index (χ2n) is 7.41. The normalized spacial score (nSPS) is 16.8. The van der Waals surface area contributed by atoms with E-state index in [1.54, 1.807) is 19.2 Å². The Morgan fingerprint density at radius 3 is 2.64 bits per heavy atom. The highest BCUT2D eigenvalue weighted by Gasteiger charge is 2.36. The maximum absolute atomic E-state index is 13.2. The van der Waals surface area contributed by atoms with Crippen LogP contribution in [0.25, 0.3) is 0 Å². The molecule has 0 radical (unpaired) electrons. The molecule has 0 fully saturated rings. The summed E-state index contributed by atoms with van der Waals surface area (Å²) in [5.41, 5.74) is 4.60. The largest absolute Gasteiger partial charge is 0.384 e. The fourth-order valence-corrected chi connectivity index (χ4v) is 3.59. The van der Waals surface area contributed by atoms with Crippen molar-refractivity contribution in [3.63, 3.8) is 0 Å². The summed E-state index contributed by atoms with van der Waals surface area (Å²) in [6.07, 6.45) is -0.197. The van der Waals surface area contributed by atoms with Crippen molar-refractivity contribution in [3.8, 4) is 0 Å². The highest BCUT2D eigenvalue weighted by atomic mass is 19.1. The molecule has 1 aliphatic heterocycles. The van der Waals surface area contributed by atoms with Crippen LogP contribution in [0.3, 0.4) is 0 Å². The Hall–Kier alpha value is -1.98. The number of aromatic nitrogens is 1. The smallest absolute Gasteiger partial charge is 0.123 e. The lowest BCUT2D eigenvalue weighted by atomic mass is 9.90. The number of aliphatic hydroxyl groups is 1. The zero-order valence-electron chi connectivity index (χ0n) is 15.2. The molecule has 3 rings (SSSR count). The second-order valence-corrected chi connectivity index (χ2v) is 7.41. The molecule has 1 aliphatic rings. The zero-order chi connectivity index (χ0) is 18.2. The number of anilines is 1. The molecular formula is C20H25FN2O2. The first-order chi connectivity index (χ1) is 11.8. The molecule has 134 valence electrons. The summed E-state index contributed by atoms with van der Waals surface area (Å²) in [6, 6.07) is 8.55. The quantitative estimate of drug-likeness (QED) is 0.905. The zero-order valence-corrected chi connectivity index (χ0v) is 15.2.